The van der Waals surface area contributed by atoms with Crippen molar-refractivity contribution in [3.63, 3.8) is 0 Å². The molecule has 1 aliphatic heterocycles. The van der Waals surface area contributed by atoms with Crippen LogP contribution in [0.5, 0.6) is 0 Å². The number of piperidine rings is 1. The number of hydrogen-bond donors (Lipinski definition) is 0. The van der Waals surface area contributed by atoms with E-state index in [0.29, 0.717) is 38.2 Å². The molecule has 2 amide bonds. The Morgan fingerprint density at radius 3 is 2.44 bits per heavy atom. The van der Waals surface area contributed by atoms with E-state index in [2.05, 4.69) is 5.10 Å². The Hall–Kier alpha value is -3.49. The molecule has 0 spiro atoms. The Morgan fingerprint density at radius 2 is 1.78 bits per heavy atom. The quantitative estimate of drug-likeness (QED) is 0.599. The van der Waals surface area contributed by atoms with E-state index in [0.717, 1.165) is 10.2 Å². The van der Waals surface area contributed by atoms with Crippen molar-refractivity contribution in [2.24, 2.45) is 5.92 Å². The normalized spacial score (nSPS) is 14.1. The highest BCUT2D eigenvalue weighted by Gasteiger charge is 2.29. The predicted molar refractivity (Wildman–Crippen MR) is 118 cm³/mol. The zero-order valence-electron chi connectivity index (χ0n) is 18.4. The van der Waals surface area contributed by atoms with Crippen LogP contribution in [-0.2, 0) is 25.7 Å². The third kappa shape index (κ3) is 5.81. The summed E-state index contributed by atoms with van der Waals surface area (Å²) in [6, 6.07) is 12.4. The first-order chi connectivity index (χ1) is 15.4. The SMILES string of the molecule is CCOC(=O)C1CCN(C(=O)CN(C)C(=O)Cn2nc(-c3ccccc3)ccc2=O)CC1. The molecule has 0 bridgehead atoms. The minimum Gasteiger partial charge on any atom is -0.466 e. The van der Waals surface area contributed by atoms with Crippen LogP contribution < -0.4 is 5.56 Å². The van der Waals surface area contributed by atoms with Crippen LogP contribution in [0, 0.1) is 5.92 Å². The molecule has 1 fully saturated rings. The molecule has 0 aliphatic carbocycles. The first kappa shape index (κ1) is 23.2. The van der Waals surface area contributed by atoms with Gasteiger partial charge < -0.3 is 14.5 Å². The number of nitrogens with zero attached hydrogens (tertiary/aromatic N) is 4. The summed E-state index contributed by atoms with van der Waals surface area (Å²) >= 11 is 0. The van der Waals surface area contributed by atoms with Crippen molar-refractivity contribution in [2.45, 2.75) is 26.3 Å². The van der Waals surface area contributed by atoms with Gasteiger partial charge in [-0.1, -0.05) is 30.3 Å². The molecule has 1 aromatic heterocycles. The summed E-state index contributed by atoms with van der Waals surface area (Å²) < 4.78 is 6.15. The van der Waals surface area contributed by atoms with Gasteiger partial charge in [0.05, 0.1) is 24.8 Å². The molecule has 0 saturated carbocycles. The van der Waals surface area contributed by atoms with Crippen molar-refractivity contribution in [2.75, 3.05) is 33.3 Å². The second kappa shape index (κ2) is 10.7. The fourth-order valence-electron chi connectivity index (χ4n) is 3.59. The second-order valence-electron chi connectivity index (χ2n) is 7.74. The Kier molecular flexibility index (Phi) is 7.75. The van der Waals surface area contributed by atoms with E-state index in [-0.39, 0.29) is 36.8 Å². The molecule has 0 N–H and O–H groups in total. The van der Waals surface area contributed by atoms with Crippen LogP contribution in [0.25, 0.3) is 11.3 Å². The van der Waals surface area contributed by atoms with E-state index in [1.807, 2.05) is 30.3 Å². The maximum Gasteiger partial charge on any atom is 0.309 e. The largest absolute Gasteiger partial charge is 0.466 e. The third-order valence-electron chi connectivity index (χ3n) is 5.49. The maximum atomic E-state index is 12.6. The standard InChI is InChI=1S/C23H28N4O5/c1-3-32-23(31)18-11-13-26(14-12-18)22(30)15-25(2)21(29)16-27-20(28)10-9-19(24-27)17-7-5-4-6-8-17/h4-10,18H,3,11-16H2,1-2H3. The Morgan fingerprint density at radius 1 is 1.09 bits per heavy atom. The number of rotatable bonds is 7. The van der Waals surface area contributed by atoms with Crippen LogP contribution >= 0.6 is 0 Å². The van der Waals surface area contributed by atoms with Crippen molar-refractivity contribution in [3.8, 4) is 11.3 Å². The van der Waals surface area contributed by atoms with Gasteiger partial charge in [0.1, 0.15) is 6.54 Å². The zero-order valence-corrected chi connectivity index (χ0v) is 18.4. The van der Waals surface area contributed by atoms with Crippen LogP contribution in [0.2, 0.25) is 0 Å². The Balaban J connectivity index is 1.56. The monoisotopic (exact) mass is 440 g/mol. The molecule has 170 valence electrons. The molecule has 9 nitrogen and oxygen atoms in total. The van der Waals surface area contributed by atoms with Gasteiger partial charge in [0.15, 0.2) is 0 Å². The minimum atomic E-state index is -0.390. The van der Waals surface area contributed by atoms with Gasteiger partial charge >= 0.3 is 5.97 Å². The van der Waals surface area contributed by atoms with Gasteiger partial charge in [0.25, 0.3) is 5.56 Å². The van der Waals surface area contributed by atoms with Gasteiger partial charge in [0, 0.05) is 31.8 Å². The van der Waals surface area contributed by atoms with Crippen molar-refractivity contribution in [1.82, 2.24) is 19.6 Å². The molecular formula is C23H28N4O5. The number of aromatic nitrogens is 2. The minimum absolute atomic E-state index is 0.101. The van der Waals surface area contributed by atoms with E-state index in [1.54, 1.807) is 17.9 Å². The first-order valence-electron chi connectivity index (χ1n) is 10.7. The number of carbonyl (C=O) groups is 3. The lowest BCUT2D eigenvalue weighted by atomic mass is 9.97. The average Bonchev–Trinajstić information content (AvgIpc) is 2.81. The van der Waals surface area contributed by atoms with E-state index in [9.17, 15) is 19.2 Å². The van der Waals surface area contributed by atoms with Crippen molar-refractivity contribution in [1.29, 1.82) is 0 Å². The van der Waals surface area contributed by atoms with Gasteiger partial charge in [-0.25, -0.2) is 4.68 Å². The second-order valence-corrected chi connectivity index (χ2v) is 7.74. The maximum absolute atomic E-state index is 12.6. The number of esters is 1. The third-order valence-corrected chi connectivity index (χ3v) is 5.49. The zero-order chi connectivity index (χ0) is 23.1. The Bertz CT molecular complexity index is 1010. The van der Waals surface area contributed by atoms with E-state index >= 15 is 0 Å². The van der Waals surface area contributed by atoms with Crippen LogP contribution in [0.3, 0.4) is 0 Å². The van der Waals surface area contributed by atoms with Gasteiger partial charge in [-0.05, 0) is 25.8 Å². The van der Waals surface area contributed by atoms with Crippen LogP contribution in [0.4, 0.5) is 0 Å². The highest BCUT2D eigenvalue weighted by Crippen LogP contribution is 2.19. The lowest BCUT2D eigenvalue weighted by Crippen LogP contribution is -2.46. The van der Waals surface area contributed by atoms with Gasteiger partial charge in [0.2, 0.25) is 11.8 Å². The fraction of sp³-hybridized carbons (Fsp3) is 0.435. The summed E-state index contributed by atoms with van der Waals surface area (Å²) in [6.07, 6.45) is 1.10. The van der Waals surface area contributed by atoms with Crippen molar-refractivity contribution in [3.05, 3.63) is 52.8 Å². The molecule has 0 unspecified atom stereocenters. The fourth-order valence-corrected chi connectivity index (χ4v) is 3.59. The molecule has 0 atom stereocenters. The Labute approximate surface area is 186 Å². The summed E-state index contributed by atoms with van der Waals surface area (Å²) in [6.45, 7) is 2.65. The van der Waals surface area contributed by atoms with E-state index in [1.165, 1.54) is 18.0 Å². The van der Waals surface area contributed by atoms with Crippen LogP contribution in [0.1, 0.15) is 19.8 Å². The number of likely N-dealkylation sites (tertiary alicyclic amines) is 1. The van der Waals surface area contributed by atoms with Crippen LogP contribution in [-0.4, -0.2) is 70.7 Å². The summed E-state index contributed by atoms with van der Waals surface area (Å²) in [7, 11) is 1.53. The summed E-state index contributed by atoms with van der Waals surface area (Å²) in [4.78, 5) is 52.2. The van der Waals surface area contributed by atoms with E-state index in [4.69, 9.17) is 4.74 Å². The summed E-state index contributed by atoms with van der Waals surface area (Å²) in [5.41, 5.74) is 1.03. The van der Waals surface area contributed by atoms with Crippen molar-refractivity contribution >= 4 is 17.8 Å². The van der Waals surface area contributed by atoms with Crippen molar-refractivity contribution < 1.29 is 19.1 Å². The smallest absolute Gasteiger partial charge is 0.309 e. The molecule has 2 heterocycles. The van der Waals surface area contributed by atoms with E-state index < -0.39 is 5.56 Å². The number of likely N-dealkylation sites (N-methyl/N-ethyl adjacent to an activating group) is 1. The number of hydrogen-bond acceptors (Lipinski definition) is 6. The molecular weight excluding hydrogens is 412 g/mol. The molecule has 9 heteroatoms. The topological polar surface area (TPSA) is 102 Å². The van der Waals surface area contributed by atoms with Gasteiger partial charge in [-0.15, -0.1) is 0 Å². The van der Waals surface area contributed by atoms with Gasteiger partial charge in [-0.2, -0.15) is 5.10 Å². The number of benzene rings is 1. The molecule has 0 radical (unpaired) electrons. The predicted octanol–water partition coefficient (Wildman–Crippen LogP) is 1.17. The lowest BCUT2D eigenvalue weighted by molar-refractivity contribution is -0.151. The van der Waals surface area contributed by atoms with Gasteiger partial charge in [-0.3, -0.25) is 19.2 Å². The molecule has 32 heavy (non-hydrogen) atoms. The summed E-state index contributed by atoms with van der Waals surface area (Å²) in [5.74, 6) is -0.989. The molecule has 1 aliphatic rings. The highest BCUT2D eigenvalue weighted by atomic mass is 16.5. The average molecular weight is 441 g/mol. The highest BCUT2D eigenvalue weighted by molar-refractivity contribution is 5.84. The first-order valence-corrected chi connectivity index (χ1v) is 10.7. The van der Waals surface area contributed by atoms with Crippen LogP contribution in [0.15, 0.2) is 47.3 Å². The lowest BCUT2D eigenvalue weighted by Gasteiger charge is -2.32. The molecule has 1 aromatic carbocycles. The molecule has 3 rings (SSSR count). The number of carbonyl (C=O) groups excluding carboxylic acids is 3. The number of ether oxygens (including phenoxy) is 1. The number of amides is 2. The summed E-state index contributed by atoms with van der Waals surface area (Å²) in [5, 5.41) is 4.29. The molecule has 2 aromatic rings. The molecule has 1 saturated heterocycles.